The summed E-state index contributed by atoms with van der Waals surface area (Å²) >= 11 is 0. The highest BCUT2D eigenvalue weighted by Gasteiger charge is 2.11. The zero-order chi connectivity index (χ0) is 17.4. The molecule has 4 heteroatoms. The van der Waals surface area contributed by atoms with Gasteiger partial charge in [0.25, 0.3) is 0 Å². The van der Waals surface area contributed by atoms with Crippen LogP contribution < -0.4 is 10.1 Å². The highest BCUT2D eigenvalue weighted by atomic mass is 16.5. The fourth-order valence-corrected chi connectivity index (χ4v) is 2.44. The Morgan fingerprint density at radius 1 is 1.04 bits per heavy atom. The number of benzene rings is 2. The smallest absolute Gasteiger partial charge is 0.339 e. The molecule has 4 nitrogen and oxygen atoms in total. The summed E-state index contributed by atoms with van der Waals surface area (Å²) in [6, 6.07) is 13.8. The van der Waals surface area contributed by atoms with Crippen molar-refractivity contribution in [2.45, 2.75) is 26.7 Å². The first kappa shape index (κ1) is 17.9. The summed E-state index contributed by atoms with van der Waals surface area (Å²) in [4.78, 5) is 11.8. The van der Waals surface area contributed by atoms with Crippen molar-refractivity contribution in [3.8, 4) is 5.75 Å². The number of hydrogen-bond donors (Lipinski definition) is 1. The van der Waals surface area contributed by atoms with Crippen LogP contribution in [0.3, 0.4) is 0 Å². The van der Waals surface area contributed by atoms with Crippen molar-refractivity contribution in [2.75, 3.05) is 25.6 Å². The van der Waals surface area contributed by atoms with Gasteiger partial charge in [-0.2, -0.15) is 0 Å². The van der Waals surface area contributed by atoms with Gasteiger partial charge in [0.1, 0.15) is 5.75 Å². The molecule has 0 fully saturated rings. The number of unbranched alkanes of at least 4 members (excludes halogenated alkanes) is 1. The Kier molecular flexibility index (Phi) is 6.67. The van der Waals surface area contributed by atoms with Gasteiger partial charge in [-0.05, 0) is 56.5 Å². The van der Waals surface area contributed by atoms with Crippen molar-refractivity contribution in [3.05, 3.63) is 59.2 Å². The number of ether oxygens (including phenoxy) is 2. The van der Waals surface area contributed by atoms with E-state index in [0.717, 1.165) is 36.4 Å². The molecule has 1 N–H and O–H groups in total. The van der Waals surface area contributed by atoms with Gasteiger partial charge in [0.15, 0.2) is 0 Å². The van der Waals surface area contributed by atoms with Crippen LogP contribution in [0.4, 0.5) is 5.69 Å². The molecular formula is C20H25NO3. The molecule has 0 radical (unpaired) electrons. The molecule has 0 aliphatic carbocycles. The number of hydrogen-bond acceptors (Lipinski definition) is 4. The molecule has 0 aliphatic heterocycles. The van der Waals surface area contributed by atoms with Crippen molar-refractivity contribution in [1.82, 2.24) is 0 Å². The zero-order valence-electron chi connectivity index (χ0n) is 14.6. The molecule has 0 heterocycles. The van der Waals surface area contributed by atoms with Crippen LogP contribution in [-0.2, 0) is 4.74 Å². The lowest BCUT2D eigenvalue weighted by atomic mass is 10.1. The van der Waals surface area contributed by atoms with Gasteiger partial charge in [-0.15, -0.1) is 0 Å². The molecule has 2 aromatic rings. The van der Waals surface area contributed by atoms with Gasteiger partial charge in [0.2, 0.25) is 0 Å². The van der Waals surface area contributed by atoms with Gasteiger partial charge < -0.3 is 14.8 Å². The van der Waals surface area contributed by atoms with Gasteiger partial charge in [0, 0.05) is 12.2 Å². The number of methoxy groups -OCH3 is 1. The van der Waals surface area contributed by atoms with E-state index < -0.39 is 0 Å². The lowest BCUT2D eigenvalue weighted by Gasteiger charge is -2.12. The van der Waals surface area contributed by atoms with Crippen LogP contribution in [0.5, 0.6) is 5.75 Å². The number of rotatable bonds is 8. The summed E-state index contributed by atoms with van der Waals surface area (Å²) in [6.07, 6.45) is 1.90. The highest BCUT2D eigenvalue weighted by molar-refractivity contribution is 5.95. The molecule has 128 valence electrons. The summed E-state index contributed by atoms with van der Waals surface area (Å²) in [5.41, 5.74) is 3.62. The molecule has 0 aromatic heterocycles. The van der Waals surface area contributed by atoms with Gasteiger partial charge >= 0.3 is 5.97 Å². The van der Waals surface area contributed by atoms with Gasteiger partial charge in [-0.25, -0.2) is 4.79 Å². The number of carbonyl (C=O) groups is 1. The molecule has 0 amide bonds. The summed E-state index contributed by atoms with van der Waals surface area (Å²) in [6.45, 7) is 5.48. The Morgan fingerprint density at radius 2 is 1.83 bits per heavy atom. The van der Waals surface area contributed by atoms with Crippen LogP contribution in [0.15, 0.2) is 42.5 Å². The van der Waals surface area contributed by atoms with E-state index in [1.54, 1.807) is 0 Å². The second-order valence-corrected chi connectivity index (χ2v) is 5.84. The van der Waals surface area contributed by atoms with Crippen molar-refractivity contribution in [1.29, 1.82) is 0 Å². The monoisotopic (exact) mass is 327 g/mol. The van der Waals surface area contributed by atoms with Crippen molar-refractivity contribution in [2.24, 2.45) is 0 Å². The Bertz CT molecular complexity index is 682. The van der Waals surface area contributed by atoms with E-state index >= 15 is 0 Å². The Labute approximate surface area is 143 Å². The standard InChI is InChI=1S/C20H25NO3/c1-15-7-6-8-17(13-15)24-12-5-4-11-21-19-10-9-16(2)14-18(19)20(22)23-3/h6-10,13-14,21H,4-5,11-12H2,1-3H3. The molecule has 0 unspecified atom stereocenters. The average Bonchev–Trinajstić information content (AvgIpc) is 2.58. The number of carbonyl (C=O) groups excluding carboxylic acids is 1. The van der Waals surface area contributed by atoms with E-state index in [1.807, 2.05) is 43.3 Å². The predicted molar refractivity (Wildman–Crippen MR) is 96.9 cm³/mol. The van der Waals surface area contributed by atoms with E-state index in [-0.39, 0.29) is 5.97 Å². The first-order valence-electron chi connectivity index (χ1n) is 8.22. The normalized spacial score (nSPS) is 10.3. The summed E-state index contributed by atoms with van der Waals surface area (Å²) < 4.78 is 10.6. The van der Waals surface area contributed by atoms with Crippen LogP contribution in [0.1, 0.15) is 34.3 Å². The van der Waals surface area contributed by atoms with E-state index in [9.17, 15) is 4.79 Å². The molecule has 24 heavy (non-hydrogen) atoms. The Morgan fingerprint density at radius 3 is 2.58 bits per heavy atom. The molecule has 0 aliphatic rings. The van der Waals surface area contributed by atoms with Crippen molar-refractivity contribution >= 4 is 11.7 Å². The maximum atomic E-state index is 11.8. The molecule has 2 aromatic carbocycles. The second-order valence-electron chi connectivity index (χ2n) is 5.84. The van der Waals surface area contributed by atoms with Crippen LogP contribution in [0.2, 0.25) is 0 Å². The average molecular weight is 327 g/mol. The number of aryl methyl sites for hydroxylation is 2. The molecule has 0 saturated carbocycles. The minimum atomic E-state index is -0.316. The minimum absolute atomic E-state index is 0.316. The first-order chi connectivity index (χ1) is 11.6. The maximum Gasteiger partial charge on any atom is 0.339 e. The van der Waals surface area contributed by atoms with E-state index in [1.165, 1.54) is 12.7 Å². The van der Waals surface area contributed by atoms with E-state index in [4.69, 9.17) is 9.47 Å². The molecule has 0 saturated heterocycles. The lowest BCUT2D eigenvalue weighted by Crippen LogP contribution is -2.10. The van der Waals surface area contributed by atoms with E-state index in [2.05, 4.69) is 18.3 Å². The van der Waals surface area contributed by atoms with Crippen LogP contribution in [0, 0.1) is 13.8 Å². The quantitative estimate of drug-likeness (QED) is 0.578. The third-order valence-electron chi connectivity index (χ3n) is 3.73. The van der Waals surface area contributed by atoms with Gasteiger partial charge in [0.05, 0.1) is 19.3 Å². The molecule has 0 bridgehead atoms. The fraction of sp³-hybridized carbons (Fsp3) is 0.350. The van der Waals surface area contributed by atoms with Crippen LogP contribution in [0.25, 0.3) is 0 Å². The zero-order valence-corrected chi connectivity index (χ0v) is 14.6. The SMILES string of the molecule is COC(=O)c1cc(C)ccc1NCCCCOc1cccc(C)c1. The maximum absolute atomic E-state index is 11.8. The van der Waals surface area contributed by atoms with Crippen molar-refractivity contribution < 1.29 is 14.3 Å². The Hall–Kier alpha value is -2.49. The highest BCUT2D eigenvalue weighted by Crippen LogP contribution is 2.18. The van der Waals surface area contributed by atoms with Crippen LogP contribution in [-0.4, -0.2) is 26.2 Å². The predicted octanol–water partition coefficient (Wildman–Crippen LogP) is 4.36. The summed E-state index contributed by atoms with van der Waals surface area (Å²) in [5, 5.41) is 3.31. The molecular weight excluding hydrogens is 302 g/mol. The fourth-order valence-electron chi connectivity index (χ4n) is 2.44. The van der Waals surface area contributed by atoms with Crippen molar-refractivity contribution in [3.63, 3.8) is 0 Å². The molecule has 0 atom stereocenters. The summed E-state index contributed by atoms with van der Waals surface area (Å²) in [7, 11) is 1.40. The second kappa shape index (κ2) is 8.96. The number of esters is 1. The third-order valence-corrected chi connectivity index (χ3v) is 3.73. The Balaban J connectivity index is 1.75. The minimum Gasteiger partial charge on any atom is -0.494 e. The summed E-state index contributed by atoms with van der Waals surface area (Å²) in [5.74, 6) is 0.596. The van der Waals surface area contributed by atoms with Gasteiger partial charge in [-0.3, -0.25) is 0 Å². The topological polar surface area (TPSA) is 47.6 Å². The van der Waals surface area contributed by atoms with Crippen LogP contribution >= 0.6 is 0 Å². The number of nitrogens with one attached hydrogen (secondary N) is 1. The molecule has 0 spiro atoms. The molecule has 2 rings (SSSR count). The van der Waals surface area contributed by atoms with E-state index in [0.29, 0.717) is 12.2 Å². The first-order valence-corrected chi connectivity index (χ1v) is 8.22. The number of anilines is 1. The largest absolute Gasteiger partial charge is 0.494 e. The lowest BCUT2D eigenvalue weighted by molar-refractivity contribution is 0.0601. The third kappa shape index (κ3) is 5.30. The van der Waals surface area contributed by atoms with Gasteiger partial charge in [-0.1, -0.05) is 23.8 Å².